The molecule has 0 heterocycles. The fourth-order valence-electron chi connectivity index (χ4n) is 2.00. The average molecular weight is 249 g/mol. The first-order chi connectivity index (χ1) is 9.20. The molecular weight excluding hydrogens is 230 g/mol. The molecule has 96 valence electrons. The van der Waals surface area contributed by atoms with Gasteiger partial charge in [0.2, 0.25) is 0 Å². The van der Waals surface area contributed by atoms with Gasteiger partial charge in [0.1, 0.15) is 0 Å². The number of rotatable bonds is 5. The molecule has 0 bridgehead atoms. The van der Waals surface area contributed by atoms with E-state index < -0.39 is 0 Å². The van der Waals surface area contributed by atoms with Crippen LogP contribution in [0.1, 0.15) is 18.1 Å². The fraction of sp³-hybridized carbons (Fsp3) is 0.111. The van der Waals surface area contributed by atoms with Gasteiger partial charge in [-0.15, -0.1) is 0 Å². The highest BCUT2D eigenvalue weighted by Crippen LogP contribution is 2.21. The highest BCUT2D eigenvalue weighted by molar-refractivity contribution is 5.52. The molecule has 0 atom stereocenters. The summed E-state index contributed by atoms with van der Waals surface area (Å²) < 4.78 is 0. The average Bonchev–Trinajstić information content (AvgIpc) is 2.46. The second-order valence-electron chi connectivity index (χ2n) is 4.60. The normalized spacial score (nSPS) is 9.95. The Hall–Kier alpha value is -2.28. The van der Waals surface area contributed by atoms with Gasteiger partial charge in [-0.1, -0.05) is 61.7 Å². The lowest BCUT2D eigenvalue weighted by atomic mass is 10.1. The van der Waals surface area contributed by atoms with Crippen molar-refractivity contribution in [1.29, 1.82) is 0 Å². The number of hydrogen-bond donors (Lipinski definition) is 0. The second-order valence-corrected chi connectivity index (χ2v) is 4.60. The Bertz CT molecular complexity index is 552. The van der Waals surface area contributed by atoms with Gasteiger partial charge in [0.15, 0.2) is 0 Å². The molecule has 0 aliphatic carbocycles. The Labute approximate surface area is 115 Å². The van der Waals surface area contributed by atoms with Crippen LogP contribution in [0.2, 0.25) is 0 Å². The van der Waals surface area contributed by atoms with Crippen molar-refractivity contribution in [2.75, 3.05) is 4.90 Å². The lowest BCUT2D eigenvalue weighted by Gasteiger charge is -2.25. The van der Waals surface area contributed by atoms with Crippen LogP contribution in [0.5, 0.6) is 0 Å². The highest BCUT2D eigenvalue weighted by atomic mass is 15.1. The Morgan fingerprint density at radius 3 is 2.21 bits per heavy atom. The van der Waals surface area contributed by atoms with Crippen LogP contribution >= 0.6 is 0 Å². The molecule has 0 N–H and O–H groups in total. The smallest absolute Gasteiger partial charge is 0.0478 e. The Kier molecular flexibility index (Phi) is 4.19. The maximum absolute atomic E-state index is 4.07. The maximum atomic E-state index is 4.07. The molecule has 2 rings (SSSR count). The van der Waals surface area contributed by atoms with Crippen molar-refractivity contribution in [2.45, 2.75) is 13.5 Å². The SMILES string of the molecule is C=Cc1ccc(CN(C(=C)C)c2ccccc2)cc1. The number of nitrogens with zero attached hydrogens (tertiary/aromatic N) is 1. The minimum Gasteiger partial charge on any atom is -0.342 e. The third-order valence-corrected chi connectivity index (χ3v) is 3.08. The molecule has 19 heavy (non-hydrogen) atoms. The summed E-state index contributed by atoms with van der Waals surface area (Å²) in [6.45, 7) is 10.7. The zero-order valence-electron chi connectivity index (χ0n) is 11.3. The largest absolute Gasteiger partial charge is 0.342 e. The van der Waals surface area contributed by atoms with Crippen LogP contribution in [0.4, 0.5) is 5.69 Å². The van der Waals surface area contributed by atoms with Crippen molar-refractivity contribution in [3.63, 3.8) is 0 Å². The monoisotopic (exact) mass is 249 g/mol. The van der Waals surface area contributed by atoms with E-state index in [1.807, 2.05) is 31.2 Å². The van der Waals surface area contributed by atoms with Crippen LogP contribution in [0.3, 0.4) is 0 Å². The summed E-state index contributed by atoms with van der Waals surface area (Å²) in [5.41, 5.74) is 4.62. The Morgan fingerprint density at radius 1 is 1.05 bits per heavy atom. The summed E-state index contributed by atoms with van der Waals surface area (Å²) >= 11 is 0. The van der Waals surface area contributed by atoms with Crippen LogP contribution in [-0.2, 0) is 6.54 Å². The van der Waals surface area contributed by atoms with Crippen molar-refractivity contribution in [1.82, 2.24) is 0 Å². The van der Waals surface area contributed by atoms with Crippen LogP contribution in [0.15, 0.2) is 73.5 Å². The van der Waals surface area contributed by atoms with Crippen LogP contribution in [-0.4, -0.2) is 0 Å². The van der Waals surface area contributed by atoms with E-state index in [-0.39, 0.29) is 0 Å². The first-order valence-electron chi connectivity index (χ1n) is 6.40. The van der Waals surface area contributed by atoms with Gasteiger partial charge in [-0.05, 0) is 30.2 Å². The van der Waals surface area contributed by atoms with Gasteiger partial charge < -0.3 is 4.90 Å². The quantitative estimate of drug-likeness (QED) is 0.730. The van der Waals surface area contributed by atoms with E-state index >= 15 is 0 Å². The molecule has 0 radical (unpaired) electrons. The van der Waals surface area contributed by atoms with E-state index in [0.717, 1.165) is 17.8 Å². The summed E-state index contributed by atoms with van der Waals surface area (Å²) in [5.74, 6) is 0. The molecule has 0 aliphatic heterocycles. The Balaban J connectivity index is 2.21. The summed E-state index contributed by atoms with van der Waals surface area (Å²) in [4.78, 5) is 2.21. The molecule has 0 amide bonds. The molecule has 0 spiro atoms. The van der Waals surface area contributed by atoms with Crippen LogP contribution < -0.4 is 4.90 Å². The number of hydrogen-bond acceptors (Lipinski definition) is 1. The van der Waals surface area contributed by atoms with E-state index in [1.54, 1.807) is 0 Å². The first-order valence-corrected chi connectivity index (χ1v) is 6.40. The fourth-order valence-corrected chi connectivity index (χ4v) is 2.00. The van der Waals surface area contributed by atoms with E-state index in [0.29, 0.717) is 0 Å². The molecule has 0 saturated heterocycles. The van der Waals surface area contributed by atoms with Gasteiger partial charge >= 0.3 is 0 Å². The summed E-state index contributed by atoms with van der Waals surface area (Å²) in [6, 6.07) is 18.8. The minimum absolute atomic E-state index is 0.830. The number of para-hydroxylation sites is 1. The maximum Gasteiger partial charge on any atom is 0.0478 e. The third kappa shape index (κ3) is 3.35. The first kappa shape index (κ1) is 13.2. The van der Waals surface area contributed by atoms with E-state index in [9.17, 15) is 0 Å². The number of allylic oxidation sites excluding steroid dienone is 1. The van der Waals surface area contributed by atoms with Crippen molar-refractivity contribution >= 4 is 11.8 Å². The summed E-state index contributed by atoms with van der Waals surface area (Å²) in [7, 11) is 0. The van der Waals surface area contributed by atoms with E-state index in [2.05, 4.69) is 54.5 Å². The van der Waals surface area contributed by atoms with Gasteiger partial charge in [-0.2, -0.15) is 0 Å². The molecule has 2 aromatic rings. The lowest BCUT2D eigenvalue weighted by Crippen LogP contribution is -2.19. The third-order valence-electron chi connectivity index (χ3n) is 3.08. The number of anilines is 1. The van der Waals surface area contributed by atoms with Crippen LogP contribution in [0.25, 0.3) is 6.08 Å². The molecule has 0 aliphatic rings. The molecule has 1 heteroatoms. The summed E-state index contributed by atoms with van der Waals surface area (Å²) in [5, 5.41) is 0. The van der Waals surface area contributed by atoms with Gasteiger partial charge in [0.25, 0.3) is 0 Å². The van der Waals surface area contributed by atoms with Crippen molar-refractivity contribution in [3.8, 4) is 0 Å². The van der Waals surface area contributed by atoms with E-state index in [4.69, 9.17) is 0 Å². The predicted molar refractivity (Wildman–Crippen MR) is 84.0 cm³/mol. The standard InChI is InChI=1S/C18H19N/c1-4-16-10-12-17(13-11-16)14-19(15(2)3)18-8-6-5-7-9-18/h4-13H,1-2,14H2,3H3. The lowest BCUT2D eigenvalue weighted by molar-refractivity contribution is 0.916. The molecule has 0 fully saturated rings. The van der Waals surface area contributed by atoms with Gasteiger partial charge in [0.05, 0.1) is 0 Å². The summed E-state index contributed by atoms with van der Waals surface area (Å²) in [6.07, 6.45) is 1.86. The second kappa shape index (κ2) is 6.05. The topological polar surface area (TPSA) is 3.24 Å². The highest BCUT2D eigenvalue weighted by Gasteiger charge is 2.07. The van der Waals surface area contributed by atoms with Gasteiger partial charge in [-0.25, -0.2) is 0 Å². The van der Waals surface area contributed by atoms with Gasteiger partial charge in [-0.3, -0.25) is 0 Å². The van der Waals surface area contributed by atoms with E-state index in [1.165, 1.54) is 11.3 Å². The molecule has 1 nitrogen and oxygen atoms in total. The van der Waals surface area contributed by atoms with Crippen LogP contribution in [0, 0.1) is 0 Å². The molecule has 0 aromatic heterocycles. The Morgan fingerprint density at radius 2 is 1.68 bits per heavy atom. The number of benzene rings is 2. The molecular formula is C18H19N. The minimum atomic E-state index is 0.830. The van der Waals surface area contributed by atoms with Crippen molar-refractivity contribution in [2.24, 2.45) is 0 Å². The molecule has 0 unspecified atom stereocenters. The van der Waals surface area contributed by atoms with Gasteiger partial charge in [0, 0.05) is 17.9 Å². The predicted octanol–water partition coefficient (Wildman–Crippen LogP) is 4.87. The van der Waals surface area contributed by atoms with Crippen molar-refractivity contribution in [3.05, 3.63) is 84.6 Å². The molecule has 0 saturated carbocycles. The molecule has 2 aromatic carbocycles. The zero-order valence-corrected chi connectivity index (χ0v) is 11.3. The zero-order chi connectivity index (χ0) is 13.7. The van der Waals surface area contributed by atoms with Crippen molar-refractivity contribution < 1.29 is 0 Å².